The van der Waals surface area contributed by atoms with E-state index < -0.39 is 0 Å². The second kappa shape index (κ2) is 10.2. The fourth-order valence-electron chi connectivity index (χ4n) is 2.32. The molecule has 0 N–H and O–H groups in total. The van der Waals surface area contributed by atoms with Gasteiger partial charge in [-0.15, -0.1) is 11.8 Å². The van der Waals surface area contributed by atoms with Crippen LogP contribution in [0.5, 0.6) is 0 Å². The first-order chi connectivity index (χ1) is 7.93. The quantitative estimate of drug-likeness (QED) is 0.525. The van der Waals surface area contributed by atoms with Crippen molar-refractivity contribution in [3.8, 4) is 0 Å². The molecule has 1 nitrogen and oxygen atoms in total. The zero-order valence-corrected chi connectivity index (χ0v) is 11.4. The van der Waals surface area contributed by atoms with E-state index in [-0.39, 0.29) is 0 Å². The van der Waals surface area contributed by atoms with Gasteiger partial charge in [0.1, 0.15) is 0 Å². The van der Waals surface area contributed by atoms with Gasteiger partial charge in [0.25, 0.3) is 0 Å². The second-order valence-electron chi connectivity index (χ2n) is 4.71. The highest BCUT2D eigenvalue weighted by Gasteiger charge is 2.09. The number of nitrogens with zero attached hydrogens (tertiary/aromatic N) is 1. The Morgan fingerprint density at radius 1 is 0.938 bits per heavy atom. The van der Waals surface area contributed by atoms with E-state index >= 15 is 0 Å². The summed E-state index contributed by atoms with van der Waals surface area (Å²) in [7, 11) is 0. The van der Waals surface area contributed by atoms with Crippen molar-refractivity contribution in [2.24, 2.45) is 0 Å². The van der Waals surface area contributed by atoms with Crippen LogP contribution in [0.3, 0.4) is 0 Å². The summed E-state index contributed by atoms with van der Waals surface area (Å²) in [6, 6.07) is 0. The fourth-order valence-corrected chi connectivity index (χ4v) is 2.85. The van der Waals surface area contributed by atoms with Crippen LogP contribution in [0, 0.1) is 0 Å². The van der Waals surface area contributed by atoms with E-state index in [0.29, 0.717) is 0 Å². The molecule has 1 aliphatic heterocycles. The summed E-state index contributed by atoms with van der Waals surface area (Å²) in [5.74, 6) is 1.26. The van der Waals surface area contributed by atoms with Gasteiger partial charge in [-0.05, 0) is 56.5 Å². The van der Waals surface area contributed by atoms with Crippen molar-refractivity contribution in [2.75, 3.05) is 25.4 Å². The van der Waals surface area contributed by atoms with E-state index in [1.165, 1.54) is 76.8 Å². The molecule has 0 radical (unpaired) electrons. The molecule has 1 rings (SSSR count). The molecule has 16 heavy (non-hydrogen) atoms. The van der Waals surface area contributed by atoms with Crippen molar-refractivity contribution < 1.29 is 0 Å². The van der Waals surface area contributed by atoms with Crippen LogP contribution in [0.4, 0.5) is 0 Å². The van der Waals surface area contributed by atoms with Gasteiger partial charge in [0.2, 0.25) is 0 Å². The normalized spacial score (nSPS) is 16.8. The van der Waals surface area contributed by atoms with E-state index in [1.54, 1.807) is 0 Å². The first-order valence-electron chi connectivity index (χ1n) is 6.88. The average molecular weight is 241 g/mol. The Morgan fingerprint density at radius 3 is 2.25 bits per heavy atom. The van der Waals surface area contributed by atoms with E-state index in [4.69, 9.17) is 0 Å². The molecule has 0 amide bonds. The lowest BCUT2D eigenvalue weighted by Gasteiger charge is -2.13. The van der Waals surface area contributed by atoms with Crippen LogP contribution in [-0.2, 0) is 0 Å². The van der Waals surface area contributed by atoms with Gasteiger partial charge in [-0.3, -0.25) is 0 Å². The Kier molecular flexibility index (Phi) is 9.01. The van der Waals surface area contributed by atoms with Gasteiger partial charge in [0.15, 0.2) is 0 Å². The minimum Gasteiger partial charge on any atom is -0.303 e. The lowest BCUT2D eigenvalue weighted by atomic mass is 10.1. The van der Waals surface area contributed by atoms with Crippen LogP contribution in [0.1, 0.15) is 51.4 Å². The Labute approximate surface area is 106 Å². The molecule has 0 aromatic rings. The Hall–Kier alpha value is 0.0500. The van der Waals surface area contributed by atoms with Gasteiger partial charge in [0.05, 0.1) is 0 Å². The van der Waals surface area contributed by atoms with Crippen molar-refractivity contribution in [2.45, 2.75) is 51.4 Å². The van der Waals surface area contributed by atoms with E-state index in [0.717, 1.165) is 0 Å². The lowest BCUT2D eigenvalue weighted by Crippen LogP contribution is -2.20. The molecule has 0 unspecified atom stereocenters. The van der Waals surface area contributed by atoms with Gasteiger partial charge >= 0.3 is 0 Å². The molecule has 1 saturated heterocycles. The molecule has 1 heterocycles. The fraction of sp³-hybridized carbons (Fsp3) is 0.857. The number of thioether (sulfide) groups is 1. The highest BCUT2D eigenvalue weighted by atomic mass is 32.2. The van der Waals surface area contributed by atoms with E-state index in [2.05, 4.69) is 11.5 Å². The molecule has 0 aromatic heterocycles. The molecular weight excluding hydrogens is 214 g/mol. The topological polar surface area (TPSA) is 3.24 Å². The third-order valence-corrected chi connectivity index (χ3v) is 4.06. The summed E-state index contributed by atoms with van der Waals surface area (Å²) >= 11 is 1.85. The van der Waals surface area contributed by atoms with Gasteiger partial charge in [-0.2, -0.15) is 0 Å². The van der Waals surface area contributed by atoms with Crippen LogP contribution in [0.15, 0.2) is 12.0 Å². The summed E-state index contributed by atoms with van der Waals surface area (Å²) in [5.41, 5.74) is 0. The summed E-state index contributed by atoms with van der Waals surface area (Å²) < 4.78 is 0. The van der Waals surface area contributed by atoms with Gasteiger partial charge in [-0.25, -0.2) is 0 Å². The van der Waals surface area contributed by atoms with Crippen LogP contribution >= 0.6 is 11.8 Å². The molecule has 1 aliphatic rings. The predicted molar refractivity (Wildman–Crippen MR) is 76.0 cm³/mol. The maximum absolute atomic E-state index is 3.72. The Balaban J connectivity index is 1.72. The van der Waals surface area contributed by atoms with Crippen molar-refractivity contribution in [3.63, 3.8) is 0 Å². The summed E-state index contributed by atoms with van der Waals surface area (Å²) in [5, 5.41) is 1.95. The van der Waals surface area contributed by atoms with E-state index in [9.17, 15) is 0 Å². The molecule has 1 fully saturated rings. The summed E-state index contributed by atoms with van der Waals surface area (Å²) in [6.07, 6.45) is 11.4. The molecule has 0 saturated carbocycles. The lowest BCUT2D eigenvalue weighted by molar-refractivity contribution is 0.327. The van der Waals surface area contributed by atoms with Crippen molar-refractivity contribution in [1.29, 1.82) is 0 Å². The molecule has 0 aliphatic carbocycles. The number of rotatable bonds is 10. The third-order valence-electron chi connectivity index (χ3n) is 3.30. The first kappa shape index (κ1) is 14.1. The van der Waals surface area contributed by atoms with Gasteiger partial charge in [-0.1, -0.05) is 32.3 Å². The molecule has 2 heteroatoms. The predicted octanol–water partition coefficient (Wildman–Crippen LogP) is 4.30. The highest BCUT2D eigenvalue weighted by molar-refractivity contribution is 8.02. The SMILES string of the molecule is C=CSCCCCCCCCN1CCCC1. The molecular formula is C14H27NS. The van der Waals surface area contributed by atoms with Gasteiger partial charge < -0.3 is 4.90 Å². The molecule has 0 bridgehead atoms. The maximum atomic E-state index is 3.72. The van der Waals surface area contributed by atoms with Crippen LogP contribution in [-0.4, -0.2) is 30.3 Å². The van der Waals surface area contributed by atoms with Crippen molar-refractivity contribution in [3.05, 3.63) is 12.0 Å². The monoisotopic (exact) mass is 241 g/mol. The Bertz CT molecular complexity index is 164. The zero-order chi connectivity index (χ0) is 11.5. The zero-order valence-electron chi connectivity index (χ0n) is 10.6. The minimum absolute atomic E-state index is 1.26. The maximum Gasteiger partial charge on any atom is -0.00183 e. The van der Waals surface area contributed by atoms with Crippen LogP contribution in [0.25, 0.3) is 0 Å². The van der Waals surface area contributed by atoms with Crippen molar-refractivity contribution >= 4 is 11.8 Å². The molecule has 0 atom stereocenters. The molecule has 0 spiro atoms. The minimum atomic E-state index is 1.26. The number of likely N-dealkylation sites (tertiary alicyclic amines) is 1. The number of unbranched alkanes of at least 4 members (excludes halogenated alkanes) is 5. The summed E-state index contributed by atoms with van der Waals surface area (Å²) in [6.45, 7) is 7.79. The standard InChI is InChI=1S/C14H27NS/c1-2-16-14-10-6-4-3-5-7-11-15-12-8-9-13-15/h2H,1,3-14H2. The highest BCUT2D eigenvalue weighted by Crippen LogP contribution is 2.12. The van der Waals surface area contributed by atoms with Crippen LogP contribution < -0.4 is 0 Å². The second-order valence-corrected chi connectivity index (χ2v) is 5.78. The molecule has 0 aromatic carbocycles. The summed E-state index contributed by atoms with van der Waals surface area (Å²) in [4.78, 5) is 2.63. The average Bonchev–Trinajstić information content (AvgIpc) is 2.80. The third kappa shape index (κ3) is 7.34. The molecule has 94 valence electrons. The van der Waals surface area contributed by atoms with E-state index in [1.807, 2.05) is 17.2 Å². The van der Waals surface area contributed by atoms with Crippen molar-refractivity contribution in [1.82, 2.24) is 4.90 Å². The van der Waals surface area contributed by atoms with Crippen LogP contribution in [0.2, 0.25) is 0 Å². The first-order valence-corrected chi connectivity index (χ1v) is 7.93. The number of hydrogen-bond donors (Lipinski definition) is 0. The smallest absolute Gasteiger partial charge is 0.00183 e. The number of hydrogen-bond acceptors (Lipinski definition) is 2. The largest absolute Gasteiger partial charge is 0.303 e. The van der Waals surface area contributed by atoms with Gasteiger partial charge in [0, 0.05) is 0 Å². The Morgan fingerprint density at radius 2 is 1.56 bits per heavy atom.